The quantitative estimate of drug-likeness (QED) is 0.549. The predicted octanol–water partition coefficient (Wildman–Crippen LogP) is 5.52. The Kier molecular flexibility index (Phi) is 6.37. The van der Waals surface area contributed by atoms with E-state index < -0.39 is 23.7 Å². The number of halogens is 2. The van der Waals surface area contributed by atoms with Gasteiger partial charge in [-0.05, 0) is 43.2 Å². The number of carbonyl (C=O) groups excluding carboxylic acids is 2. The van der Waals surface area contributed by atoms with E-state index in [2.05, 4.69) is 5.32 Å². The molecule has 7 heteroatoms. The highest BCUT2D eigenvalue weighted by molar-refractivity contribution is 6.34. The van der Waals surface area contributed by atoms with E-state index in [9.17, 15) is 14.0 Å². The number of nitrogens with one attached hydrogen (secondary N) is 1. The molecule has 2 aromatic carbocycles. The third-order valence-electron chi connectivity index (χ3n) is 5.47. The zero-order valence-corrected chi connectivity index (χ0v) is 17.5. The number of hydrogen-bond donors (Lipinski definition) is 1. The Labute approximate surface area is 184 Å². The largest absolute Gasteiger partial charge is 0.459 e. The van der Waals surface area contributed by atoms with Crippen LogP contribution in [0.2, 0.25) is 5.02 Å². The standard InChI is InChI=1S/C24H22ClFN2O3/c25-18-11-4-6-13-20(18)28(24(30)21-14-7-15-31-21)22(17-10-3-5-12-19(17)26)23(29)27-16-8-1-2-9-16/h3-7,10-16,22H,1-2,8-9H2,(H,27,29)/t22-/m0/s1. The highest BCUT2D eigenvalue weighted by atomic mass is 35.5. The molecule has 1 heterocycles. The lowest BCUT2D eigenvalue weighted by Crippen LogP contribution is -2.46. The second-order valence-electron chi connectivity index (χ2n) is 7.52. The molecule has 0 aliphatic heterocycles. The maximum atomic E-state index is 14.9. The predicted molar refractivity (Wildman–Crippen MR) is 117 cm³/mol. The Balaban J connectivity index is 1.84. The molecule has 31 heavy (non-hydrogen) atoms. The van der Waals surface area contributed by atoms with Crippen LogP contribution in [0.25, 0.3) is 0 Å². The fourth-order valence-electron chi connectivity index (χ4n) is 3.98. The van der Waals surface area contributed by atoms with E-state index in [1.54, 1.807) is 42.5 Å². The number of amides is 2. The first-order chi connectivity index (χ1) is 15.1. The molecule has 1 N–H and O–H groups in total. The lowest BCUT2D eigenvalue weighted by molar-refractivity contribution is -0.123. The fraction of sp³-hybridized carbons (Fsp3) is 0.250. The summed E-state index contributed by atoms with van der Waals surface area (Å²) in [7, 11) is 0. The molecule has 1 saturated carbocycles. The number of rotatable bonds is 6. The van der Waals surface area contributed by atoms with Crippen LogP contribution >= 0.6 is 11.6 Å². The Morgan fingerprint density at radius 2 is 1.74 bits per heavy atom. The van der Waals surface area contributed by atoms with Gasteiger partial charge in [0.2, 0.25) is 5.91 Å². The van der Waals surface area contributed by atoms with E-state index in [-0.39, 0.29) is 22.4 Å². The van der Waals surface area contributed by atoms with E-state index >= 15 is 0 Å². The van der Waals surface area contributed by atoms with Crippen LogP contribution in [0.15, 0.2) is 71.3 Å². The van der Waals surface area contributed by atoms with Gasteiger partial charge in [0.25, 0.3) is 5.91 Å². The van der Waals surface area contributed by atoms with E-state index in [0.717, 1.165) is 25.7 Å². The molecular formula is C24H22ClFN2O3. The van der Waals surface area contributed by atoms with Gasteiger partial charge < -0.3 is 9.73 Å². The van der Waals surface area contributed by atoms with Crippen molar-refractivity contribution in [3.05, 3.63) is 89.1 Å². The molecule has 0 saturated heterocycles. The Morgan fingerprint density at radius 3 is 2.42 bits per heavy atom. The van der Waals surface area contributed by atoms with Crippen LogP contribution < -0.4 is 10.2 Å². The summed E-state index contributed by atoms with van der Waals surface area (Å²) in [5.74, 6) is -1.61. The molecule has 1 fully saturated rings. The molecule has 3 aromatic rings. The van der Waals surface area contributed by atoms with Gasteiger partial charge in [0, 0.05) is 11.6 Å². The summed E-state index contributed by atoms with van der Waals surface area (Å²) in [6, 6.07) is 14.4. The zero-order chi connectivity index (χ0) is 21.8. The maximum absolute atomic E-state index is 14.9. The van der Waals surface area contributed by atoms with E-state index in [1.807, 2.05) is 0 Å². The Hall–Kier alpha value is -3.12. The van der Waals surface area contributed by atoms with E-state index in [4.69, 9.17) is 16.0 Å². The van der Waals surface area contributed by atoms with Gasteiger partial charge in [0.1, 0.15) is 11.9 Å². The summed E-state index contributed by atoms with van der Waals surface area (Å²) in [6.45, 7) is 0. The van der Waals surface area contributed by atoms with Crippen LogP contribution in [-0.2, 0) is 4.79 Å². The first-order valence-corrected chi connectivity index (χ1v) is 10.6. The smallest absolute Gasteiger partial charge is 0.295 e. The molecule has 1 atom stereocenters. The molecule has 2 amide bonds. The van der Waals surface area contributed by atoms with Gasteiger partial charge in [0.05, 0.1) is 17.0 Å². The van der Waals surface area contributed by atoms with Gasteiger partial charge in [0.15, 0.2) is 5.76 Å². The number of furan rings is 1. The fourth-order valence-corrected chi connectivity index (χ4v) is 4.20. The molecule has 5 nitrogen and oxygen atoms in total. The SMILES string of the molecule is O=C(NC1CCCC1)[C@H](c1ccccc1F)N(C(=O)c1ccco1)c1ccccc1Cl. The van der Waals surface area contributed by atoms with Crippen LogP contribution in [0, 0.1) is 5.82 Å². The molecular weight excluding hydrogens is 419 g/mol. The molecule has 1 aliphatic carbocycles. The summed E-state index contributed by atoms with van der Waals surface area (Å²) in [6.07, 6.45) is 5.13. The number of carbonyl (C=O) groups is 2. The highest BCUT2D eigenvalue weighted by Crippen LogP contribution is 2.35. The van der Waals surface area contributed by atoms with Gasteiger partial charge in [-0.15, -0.1) is 0 Å². The van der Waals surface area contributed by atoms with Gasteiger partial charge >= 0.3 is 0 Å². The van der Waals surface area contributed by atoms with Crippen LogP contribution in [0.3, 0.4) is 0 Å². The number of benzene rings is 2. The molecule has 160 valence electrons. The first-order valence-electron chi connectivity index (χ1n) is 10.2. The lowest BCUT2D eigenvalue weighted by Gasteiger charge is -2.32. The molecule has 0 radical (unpaired) electrons. The summed E-state index contributed by atoms with van der Waals surface area (Å²) >= 11 is 6.42. The van der Waals surface area contributed by atoms with Crippen molar-refractivity contribution in [2.24, 2.45) is 0 Å². The van der Waals surface area contributed by atoms with Crippen LogP contribution in [0.1, 0.15) is 47.8 Å². The van der Waals surface area contributed by atoms with E-state index in [1.165, 1.54) is 29.4 Å². The third-order valence-corrected chi connectivity index (χ3v) is 5.79. The number of anilines is 1. The monoisotopic (exact) mass is 440 g/mol. The lowest BCUT2D eigenvalue weighted by atomic mass is 10.0. The average Bonchev–Trinajstić information content (AvgIpc) is 3.47. The highest BCUT2D eigenvalue weighted by Gasteiger charge is 2.37. The zero-order valence-electron chi connectivity index (χ0n) is 16.8. The van der Waals surface area contributed by atoms with Crippen molar-refractivity contribution in [3.8, 4) is 0 Å². The minimum atomic E-state index is -1.26. The van der Waals surface area contributed by atoms with Gasteiger partial charge in [-0.25, -0.2) is 4.39 Å². The van der Waals surface area contributed by atoms with Crippen molar-refractivity contribution in [2.75, 3.05) is 4.90 Å². The number of para-hydroxylation sites is 1. The number of hydrogen-bond acceptors (Lipinski definition) is 3. The van der Waals surface area contributed by atoms with Crippen molar-refractivity contribution in [1.29, 1.82) is 0 Å². The molecule has 0 unspecified atom stereocenters. The van der Waals surface area contributed by atoms with Crippen molar-refractivity contribution < 1.29 is 18.4 Å². The van der Waals surface area contributed by atoms with Crippen LogP contribution in [0.5, 0.6) is 0 Å². The van der Waals surface area contributed by atoms with Gasteiger partial charge in [-0.3, -0.25) is 14.5 Å². The molecule has 0 bridgehead atoms. The Bertz CT molecular complexity index is 1060. The van der Waals surface area contributed by atoms with Crippen LogP contribution in [-0.4, -0.2) is 17.9 Å². The second-order valence-corrected chi connectivity index (χ2v) is 7.93. The van der Waals surface area contributed by atoms with Crippen molar-refractivity contribution in [1.82, 2.24) is 5.32 Å². The van der Waals surface area contributed by atoms with Crippen molar-refractivity contribution in [3.63, 3.8) is 0 Å². The normalized spacial score (nSPS) is 14.9. The first kappa shape index (κ1) is 21.1. The molecule has 1 aromatic heterocycles. The molecule has 1 aliphatic rings. The topological polar surface area (TPSA) is 62.6 Å². The molecule has 4 rings (SSSR count). The summed E-state index contributed by atoms with van der Waals surface area (Å²) in [5.41, 5.74) is 0.373. The summed E-state index contributed by atoms with van der Waals surface area (Å²) in [5, 5.41) is 3.26. The van der Waals surface area contributed by atoms with E-state index in [0.29, 0.717) is 5.69 Å². The third kappa shape index (κ3) is 4.49. The number of nitrogens with zero attached hydrogens (tertiary/aromatic N) is 1. The minimum Gasteiger partial charge on any atom is -0.459 e. The minimum absolute atomic E-state index is 0.00594. The van der Waals surface area contributed by atoms with Crippen molar-refractivity contribution >= 4 is 29.1 Å². The van der Waals surface area contributed by atoms with Crippen LogP contribution in [0.4, 0.5) is 10.1 Å². The average molecular weight is 441 g/mol. The molecule has 0 spiro atoms. The van der Waals surface area contributed by atoms with Gasteiger partial charge in [-0.2, -0.15) is 0 Å². The summed E-state index contributed by atoms with van der Waals surface area (Å²) < 4.78 is 20.2. The maximum Gasteiger partial charge on any atom is 0.295 e. The summed E-state index contributed by atoms with van der Waals surface area (Å²) in [4.78, 5) is 28.2. The Morgan fingerprint density at radius 1 is 1.03 bits per heavy atom. The van der Waals surface area contributed by atoms with Gasteiger partial charge in [-0.1, -0.05) is 54.8 Å². The second kappa shape index (κ2) is 9.35. The van der Waals surface area contributed by atoms with Crippen molar-refractivity contribution in [2.45, 2.75) is 37.8 Å².